The van der Waals surface area contributed by atoms with Gasteiger partial charge in [-0.15, -0.1) is 0 Å². The van der Waals surface area contributed by atoms with E-state index in [4.69, 9.17) is 0 Å². The summed E-state index contributed by atoms with van der Waals surface area (Å²) in [5.74, 6) is 0.678. The van der Waals surface area contributed by atoms with Gasteiger partial charge in [-0.1, -0.05) is 36.5 Å². The van der Waals surface area contributed by atoms with Crippen molar-refractivity contribution in [1.29, 1.82) is 0 Å². The second-order valence-corrected chi connectivity index (χ2v) is 3.78. The molecule has 0 bridgehead atoms. The average Bonchev–Trinajstić information content (AvgIpc) is 2.15. The van der Waals surface area contributed by atoms with E-state index in [1.54, 1.807) is 0 Å². The lowest BCUT2D eigenvalue weighted by Crippen LogP contribution is -2.28. The van der Waals surface area contributed by atoms with Crippen LogP contribution in [0.3, 0.4) is 0 Å². The Morgan fingerprint density at radius 3 is 2.38 bits per heavy atom. The average molecular weight is 177 g/mol. The summed E-state index contributed by atoms with van der Waals surface area (Å²) in [6, 6.07) is 0. The Morgan fingerprint density at radius 2 is 1.85 bits per heavy atom. The number of rotatable bonds is 3. The molecular weight excluding hydrogens is 158 g/mol. The van der Waals surface area contributed by atoms with E-state index >= 15 is 0 Å². The predicted octanol–water partition coefficient (Wildman–Crippen LogP) is 2.67. The highest BCUT2D eigenvalue weighted by Gasteiger charge is 2.13. The van der Waals surface area contributed by atoms with Crippen molar-refractivity contribution in [2.75, 3.05) is 13.1 Å². The van der Waals surface area contributed by atoms with Gasteiger partial charge in [0.05, 0.1) is 0 Å². The monoisotopic (exact) mass is 177 g/mol. The summed E-state index contributed by atoms with van der Waals surface area (Å²) in [6.45, 7) is 12.2. The second kappa shape index (κ2) is 5.03. The molecule has 0 aromatic rings. The van der Waals surface area contributed by atoms with Crippen molar-refractivity contribution in [3.05, 3.63) is 36.5 Å². The van der Waals surface area contributed by atoms with Crippen LogP contribution in [0.4, 0.5) is 0 Å². The minimum Gasteiger partial charge on any atom is -0.317 e. The molecular formula is C12H19N. The number of hydrogen-bond acceptors (Lipinski definition) is 1. The molecule has 0 unspecified atom stereocenters. The topological polar surface area (TPSA) is 12.0 Å². The lowest BCUT2D eigenvalue weighted by molar-refractivity contribution is 0.426. The van der Waals surface area contributed by atoms with Crippen LogP contribution >= 0.6 is 0 Å². The Labute approximate surface area is 81.2 Å². The molecule has 0 saturated carbocycles. The molecule has 0 aliphatic carbocycles. The van der Waals surface area contributed by atoms with Gasteiger partial charge < -0.3 is 5.32 Å². The van der Waals surface area contributed by atoms with Crippen LogP contribution in [0.2, 0.25) is 0 Å². The van der Waals surface area contributed by atoms with Crippen LogP contribution in [0.15, 0.2) is 36.5 Å². The molecule has 0 amide bonds. The maximum atomic E-state index is 4.09. The lowest BCUT2D eigenvalue weighted by Gasteiger charge is -2.22. The van der Waals surface area contributed by atoms with Crippen LogP contribution in [0.1, 0.15) is 19.8 Å². The van der Waals surface area contributed by atoms with Crippen molar-refractivity contribution in [2.45, 2.75) is 19.8 Å². The fourth-order valence-electron chi connectivity index (χ4n) is 1.58. The smallest absolute Gasteiger partial charge is 0.00431 e. The molecule has 1 rings (SSSR count). The van der Waals surface area contributed by atoms with Crippen molar-refractivity contribution in [3.8, 4) is 0 Å². The van der Waals surface area contributed by atoms with E-state index in [1.807, 2.05) is 13.0 Å². The molecule has 0 spiro atoms. The zero-order chi connectivity index (χ0) is 9.68. The first kappa shape index (κ1) is 10.3. The van der Waals surface area contributed by atoms with Gasteiger partial charge in [0.15, 0.2) is 0 Å². The van der Waals surface area contributed by atoms with Crippen LogP contribution in [0, 0.1) is 5.92 Å². The van der Waals surface area contributed by atoms with Gasteiger partial charge in [0, 0.05) is 0 Å². The summed E-state index contributed by atoms with van der Waals surface area (Å²) >= 11 is 0. The normalized spacial score (nSPS) is 19.2. The number of nitrogens with one attached hydrogen (secondary N) is 1. The van der Waals surface area contributed by atoms with Gasteiger partial charge in [-0.25, -0.2) is 0 Å². The minimum absolute atomic E-state index is 0.678. The Balaban J connectivity index is 2.41. The molecule has 1 fully saturated rings. The van der Waals surface area contributed by atoms with Crippen molar-refractivity contribution in [3.63, 3.8) is 0 Å². The first-order valence-electron chi connectivity index (χ1n) is 4.93. The van der Waals surface area contributed by atoms with Crippen molar-refractivity contribution < 1.29 is 0 Å². The summed E-state index contributed by atoms with van der Waals surface area (Å²) in [4.78, 5) is 0. The maximum Gasteiger partial charge on any atom is -0.00431 e. The van der Waals surface area contributed by atoms with Crippen molar-refractivity contribution in [1.82, 2.24) is 5.32 Å². The SMILES string of the molecule is C=C(C)/C=C\C(=C)C1CCNCC1. The van der Waals surface area contributed by atoms with E-state index in [1.165, 1.54) is 18.4 Å². The molecule has 1 heterocycles. The Bertz CT molecular complexity index is 219. The highest BCUT2D eigenvalue weighted by molar-refractivity contribution is 5.25. The maximum absolute atomic E-state index is 4.09. The molecule has 13 heavy (non-hydrogen) atoms. The molecule has 0 aromatic heterocycles. The summed E-state index contributed by atoms with van der Waals surface area (Å²) in [5, 5.41) is 3.35. The summed E-state index contributed by atoms with van der Waals surface area (Å²) in [5.41, 5.74) is 2.35. The first-order chi connectivity index (χ1) is 6.20. The third kappa shape index (κ3) is 3.60. The molecule has 72 valence electrons. The fourth-order valence-corrected chi connectivity index (χ4v) is 1.58. The van der Waals surface area contributed by atoms with E-state index in [0.29, 0.717) is 5.92 Å². The molecule has 1 nitrogen and oxygen atoms in total. The van der Waals surface area contributed by atoms with E-state index in [2.05, 4.69) is 24.6 Å². The highest BCUT2D eigenvalue weighted by atomic mass is 14.9. The number of hydrogen-bond donors (Lipinski definition) is 1. The minimum atomic E-state index is 0.678. The molecule has 0 radical (unpaired) electrons. The van der Waals surface area contributed by atoms with Crippen LogP contribution in [-0.4, -0.2) is 13.1 Å². The predicted molar refractivity (Wildman–Crippen MR) is 58.7 cm³/mol. The Morgan fingerprint density at radius 1 is 1.23 bits per heavy atom. The van der Waals surface area contributed by atoms with Gasteiger partial charge in [-0.3, -0.25) is 0 Å². The molecule has 1 saturated heterocycles. The van der Waals surface area contributed by atoms with Crippen molar-refractivity contribution in [2.24, 2.45) is 5.92 Å². The molecule has 1 N–H and O–H groups in total. The number of piperidine rings is 1. The molecule has 1 aliphatic heterocycles. The fraction of sp³-hybridized carbons (Fsp3) is 0.500. The Hall–Kier alpha value is -0.820. The zero-order valence-electron chi connectivity index (χ0n) is 8.47. The van der Waals surface area contributed by atoms with E-state index in [9.17, 15) is 0 Å². The van der Waals surface area contributed by atoms with Gasteiger partial charge in [0.25, 0.3) is 0 Å². The van der Waals surface area contributed by atoms with E-state index < -0.39 is 0 Å². The first-order valence-corrected chi connectivity index (χ1v) is 4.93. The number of allylic oxidation sites excluding steroid dienone is 4. The Kier molecular flexibility index (Phi) is 3.97. The molecule has 1 heteroatoms. The van der Waals surface area contributed by atoms with Gasteiger partial charge in [-0.2, -0.15) is 0 Å². The van der Waals surface area contributed by atoms with Crippen LogP contribution < -0.4 is 5.32 Å². The van der Waals surface area contributed by atoms with Crippen LogP contribution in [0.5, 0.6) is 0 Å². The summed E-state index contributed by atoms with van der Waals surface area (Å²) < 4.78 is 0. The zero-order valence-corrected chi connectivity index (χ0v) is 8.47. The highest BCUT2D eigenvalue weighted by Crippen LogP contribution is 2.20. The van der Waals surface area contributed by atoms with Crippen molar-refractivity contribution >= 4 is 0 Å². The third-order valence-electron chi connectivity index (χ3n) is 2.45. The largest absolute Gasteiger partial charge is 0.317 e. The van der Waals surface area contributed by atoms with E-state index in [0.717, 1.165) is 18.7 Å². The van der Waals surface area contributed by atoms with Gasteiger partial charge in [-0.05, 0) is 38.8 Å². The van der Waals surface area contributed by atoms with Crippen LogP contribution in [0.25, 0.3) is 0 Å². The van der Waals surface area contributed by atoms with E-state index in [-0.39, 0.29) is 0 Å². The second-order valence-electron chi connectivity index (χ2n) is 3.78. The summed E-state index contributed by atoms with van der Waals surface area (Å²) in [6.07, 6.45) is 6.60. The lowest BCUT2D eigenvalue weighted by atomic mass is 9.90. The quantitative estimate of drug-likeness (QED) is 0.653. The molecule has 0 aromatic carbocycles. The molecule has 1 aliphatic rings. The van der Waals surface area contributed by atoms with Gasteiger partial charge in [0.1, 0.15) is 0 Å². The van der Waals surface area contributed by atoms with Crippen LogP contribution in [-0.2, 0) is 0 Å². The van der Waals surface area contributed by atoms with Gasteiger partial charge in [0.2, 0.25) is 0 Å². The van der Waals surface area contributed by atoms with Gasteiger partial charge >= 0.3 is 0 Å². The summed E-state index contributed by atoms with van der Waals surface area (Å²) in [7, 11) is 0. The third-order valence-corrected chi connectivity index (χ3v) is 2.45. The standard InChI is InChI=1S/C12H19N/c1-10(2)4-5-11(3)12-6-8-13-9-7-12/h4-5,12-13H,1,3,6-9H2,2H3/b5-4-. The molecule has 0 atom stereocenters.